The Kier molecular flexibility index (Phi) is 6.14. The van der Waals surface area contributed by atoms with Crippen molar-refractivity contribution in [2.45, 2.75) is 12.5 Å². The Bertz CT molecular complexity index is 1470. The lowest BCUT2D eigenvalue weighted by molar-refractivity contribution is -0.133. The number of aromatic amines is 1. The number of nitrogens with zero attached hydrogens (tertiary/aromatic N) is 3. The summed E-state index contributed by atoms with van der Waals surface area (Å²) < 4.78 is 5.16. The van der Waals surface area contributed by atoms with Crippen LogP contribution in [0.4, 0.5) is 10.5 Å². The van der Waals surface area contributed by atoms with Crippen LogP contribution in [0, 0.1) is 0 Å². The first-order valence-corrected chi connectivity index (χ1v) is 11.5. The van der Waals surface area contributed by atoms with Crippen molar-refractivity contribution in [1.82, 2.24) is 25.4 Å². The molecule has 4 aromatic rings. The first-order valence-electron chi connectivity index (χ1n) is 11.5. The number of H-pyrrole nitrogens is 1. The summed E-state index contributed by atoms with van der Waals surface area (Å²) in [5, 5.41) is 12.7. The third kappa shape index (κ3) is 4.52. The minimum atomic E-state index is -1.30. The number of carbonyl (C=O) groups excluding carboxylic acids is 3. The standard InChI is InChI=1S/C27H24N6O4/c1-27(18-12-14-19(37-2)15-13-18)25(35)33(26(36)30-27)16-22(34)28-21-11-7-6-10-20(21)24-29-23(31-32-24)17-8-4-3-5-9-17/h3-15H,16H2,1-2H3,(H,28,34)(H,30,36)(H,29,31,32). The van der Waals surface area contributed by atoms with Crippen LogP contribution in [0.5, 0.6) is 5.75 Å². The van der Waals surface area contributed by atoms with Gasteiger partial charge in [-0.25, -0.2) is 9.78 Å². The van der Waals surface area contributed by atoms with Crippen LogP contribution < -0.4 is 15.4 Å². The predicted molar refractivity (Wildman–Crippen MR) is 136 cm³/mol. The molecule has 0 aliphatic carbocycles. The Morgan fingerprint density at radius 1 is 1.00 bits per heavy atom. The zero-order valence-corrected chi connectivity index (χ0v) is 20.2. The summed E-state index contributed by atoms with van der Waals surface area (Å²) >= 11 is 0. The van der Waals surface area contributed by atoms with Gasteiger partial charge < -0.3 is 15.4 Å². The number of ether oxygens (including phenoxy) is 1. The number of amides is 4. The van der Waals surface area contributed by atoms with Crippen LogP contribution in [0.15, 0.2) is 78.9 Å². The lowest BCUT2D eigenvalue weighted by atomic mass is 9.92. The molecule has 5 rings (SSSR count). The molecule has 10 heteroatoms. The molecule has 2 heterocycles. The van der Waals surface area contributed by atoms with E-state index in [1.165, 1.54) is 0 Å². The van der Waals surface area contributed by atoms with Crippen molar-refractivity contribution >= 4 is 23.5 Å². The van der Waals surface area contributed by atoms with Crippen molar-refractivity contribution in [3.05, 3.63) is 84.4 Å². The van der Waals surface area contributed by atoms with Crippen LogP contribution in [0.1, 0.15) is 12.5 Å². The molecule has 3 aromatic carbocycles. The predicted octanol–water partition coefficient (Wildman–Crippen LogP) is 3.55. The van der Waals surface area contributed by atoms with E-state index in [9.17, 15) is 14.4 Å². The SMILES string of the molecule is COc1ccc(C2(C)NC(=O)N(CC(=O)Nc3ccccc3-c3nc(-c4ccccc4)n[nH]3)C2=O)cc1. The van der Waals surface area contributed by atoms with Gasteiger partial charge in [-0.05, 0) is 36.8 Å². The average molecular weight is 497 g/mol. The molecule has 1 unspecified atom stereocenters. The maximum absolute atomic E-state index is 13.2. The van der Waals surface area contributed by atoms with E-state index in [2.05, 4.69) is 25.8 Å². The normalized spacial score (nSPS) is 17.0. The van der Waals surface area contributed by atoms with Gasteiger partial charge in [0.05, 0.1) is 12.8 Å². The second-order valence-electron chi connectivity index (χ2n) is 8.64. The van der Waals surface area contributed by atoms with Gasteiger partial charge in [-0.1, -0.05) is 54.6 Å². The van der Waals surface area contributed by atoms with Crippen LogP contribution >= 0.6 is 0 Å². The smallest absolute Gasteiger partial charge is 0.325 e. The zero-order chi connectivity index (χ0) is 26.0. The second kappa shape index (κ2) is 9.57. The van der Waals surface area contributed by atoms with Gasteiger partial charge in [-0.3, -0.25) is 19.6 Å². The molecule has 1 aliphatic rings. The van der Waals surface area contributed by atoms with Gasteiger partial charge in [0.1, 0.15) is 17.8 Å². The summed E-state index contributed by atoms with van der Waals surface area (Å²) in [6.45, 7) is 1.16. The minimum Gasteiger partial charge on any atom is -0.497 e. The number of imide groups is 1. The average Bonchev–Trinajstić information content (AvgIpc) is 3.49. The molecule has 1 saturated heterocycles. The highest BCUT2D eigenvalue weighted by Gasteiger charge is 2.49. The first kappa shape index (κ1) is 23.7. The van der Waals surface area contributed by atoms with E-state index < -0.39 is 29.9 Å². The Balaban J connectivity index is 1.32. The Morgan fingerprint density at radius 2 is 1.70 bits per heavy atom. The molecule has 0 radical (unpaired) electrons. The summed E-state index contributed by atoms with van der Waals surface area (Å²) in [5.74, 6) is 0.568. The number of anilines is 1. The van der Waals surface area contributed by atoms with E-state index in [-0.39, 0.29) is 0 Å². The van der Waals surface area contributed by atoms with Crippen LogP contribution in [-0.2, 0) is 15.1 Å². The number of rotatable bonds is 7. The van der Waals surface area contributed by atoms with Crippen LogP contribution in [0.25, 0.3) is 22.8 Å². The molecular weight excluding hydrogens is 472 g/mol. The van der Waals surface area contributed by atoms with E-state index in [1.54, 1.807) is 56.5 Å². The highest BCUT2D eigenvalue weighted by atomic mass is 16.5. The van der Waals surface area contributed by atoms with Crippen molar-refractivity contribution < 1.29 is 19.1 Å². The fourth-order valence-corrected chi connectivity index (χ4v) is 4.19. The van der Waals surface area contributed by atoms with Crippen LogP contribution in [-0.4, -0.2) is 51.6 Å². The number of urea groups is 1. The largest absolute Gasteiger partial charge is 0.497 e. The van der Waals surface area contributed by atoms with Crippen LogP contribution in [0.2, 0.25) is 0 Å². The first-order chi connectivity index (χ1) is 17.9. The number of para-hydroxylation sites is 1. The molecular formula is C27H24N6O4. The third-order valence-electron chi connectivity index (χ3n) is 6.22. The molecule has 1 aliphatic heterocycles. The summed E-state index contributed by atoms with van der Waals surface area (Å²) in [5.41, 5.74) is 1.22. The van der Waals surface area contributed by atoms with Gasteiger partial charge in [-0.2, -0.15) is 5.10 Å². The molecule has 1 fully saturated rings. The monoisotopic (exact) mass is 496 g/mol. The van der Waals surface area contributed by atoms with Gasteiger partial charge in [0.2, 0.25) is 5.91 Å². The molecule has 10 nitrogen and oxygen atoms in total. The van der Waals surface area contributed by atoms with Crippen molar-refractivity contribution in [3.63, 3.8) is 0 Å². The molecule has 1 aromatic heterocycles. The van der Waals surface area contributed by atoms with Gasteiger partial charge in [0.15, 0.2) is 11.6 Å². The van der Waals surface area contributed by atoms with E-state index in [0.717, 1.165) is 10.5 Å². The highest BCUT2D eigenvalue weighted by molar-refractivity contribution is 6.10. The fraction of sp³-hybridized carbons (Fsp3) is 0.148. The van der Waals surface area contributed by atoms with Crippen molar-refractivity contribution in [1.29, 1.82) is 0 Å². The second-order valence-corrected chi connectivity index (χ2v) is 8.64. The van der Waals surface area contributed by atoms with E-state index in [1.807, 2.05) is 36.4 Å². The lowest BCUT2D eigenvalue weighted by Crippen LogP contribution is -2.42. The number of benzene rings is 3. The number of hydrogen-bond donors (Lipinski definition) is 3. The molecule has 37 heavy (non-hydrogen) atoms. The summed E-state index contributed by atoms with van der Waals surface area (Å²) in [4.78, 5) is 44.3. The number of aromatic nitrogens is 3. The quantitative estimate of drug-likeness (QED) is 0.336. The van der Waals surface area contributed by atoms with E-state index in [4.69, 9.17) is 4.74 Å². The highest BCUT2D eigenvalue weighted by Crippen LogP contribution is 2.31. The van der Waals surface area contributed by atoms with Gasteiger partial charge in [-0.15, -0.1) is 0 Å². The van der Waals surface area contributed by atoms with Crippen molar-refractivity contribution in [3.8, 4) is 28.5 Å². The van der Waals surface area contributed by atoms with E-state index >= 15 is 0 Å². The summed E-state index contributed by atoms with van der Waals surface area (Å²) in [6.07, 6.45) is 0. The summed E-state index contributed by atoms with van der Waals surface area (Å²) in [6, 6.07) is 22.8. The molecule has 4 amide bonds. The third-order valence-corrected chi connectivity index (χ3v) is 6.22. The number of carbonyl (C=O) groups is 3. The Labute approximate surface area is 212 Å². The van der Waals surface area contributed by atoms with Crippen molar-refractivity contribution in [2.75, 3.05) is 19.0 Å². The number of hydrogen-bond acceptors (Lipinski definition) is 6. The molecule has 1 atom stereocenters. The molecule has 3 N–H and O–H groups in total. The summed E-state index contributed by atoms with van der Waals surface area (Å²) in [7, 11) is 1.54. The molecule has 186 valence electrons. The maximum atomic E-state index is 13.2. The van der Waals surface area contributed by atoms with Gasteiger partial charge in [0, 0.05) is 11.1 Å². The zero-order valence-electron chi connectivity index (χ0n) is 20.2. The van der Waals surface area contributed by atoms with Gasteiger partial charge in [0.25, 0.3) is 5.91 Å². The lowest BCUT2D eigenvalue weighted by Gasteiger charge is -2.22. The number of nitrogens with one attached hydrogen (secondary N) is 3. The molecule has 0 saturated carbocycles. The van der Waals surface area contributed by atoms with Crippen molar-refractivity contribution in [2.24, 2.45) is 0 Å². The minimum absolute atomic E-state index is 0.448. The maximum Gasteiger partial charge on any atom is 0.325 e. The Morgan fingerprint density at radius 3 is 2.43 bits per heavy atom. The van der Waals surface area contributed by atoms with Gasteiger partial charge >= 0.3 is 6.03 Å². The fourth-order valence-electron chi connectivity index (χ4n) is 4.19. The molecule has 0 bridgehead atoms. The molecule has 0 spiro atoms. The number of methoxy groups -OCH3 is 1. The topological polar surface area (TPSA) is 129 Å². The Hall–Kier alpha value is -4.99. The van der Waals surface area contributed by atoms with E-state index in [0.29, 0.717) is 34.2 Å². The van der Waals surface area contributed by atoms with Crippen LogP contribution in [0.3, 0.4) is 0 Å².